The summed E-state index contributed by atoms with van der Waals surface area (Å²) in [7, 11) is 0. The molecule has 0 radical (unpaired) electrons. The van der Waals surface area contributed by atoms with Crippen LogP contribution < -0.4 is 5.32 Å². The summed E-state index contributed by atoms with van der Waals surface area (Å²) in [4.78, 5) is 0. The van der Waals surface area contributed by atoms with E-state index in [1.807, 2.05) is 0 Å². The van der Waals surface area contributed by atoms with E-state index in [9.17, 15) is 5.11 Å². The zero-order chi connectivity index (χ0) is 8.39. The molecular formula is C9H17NO2. The maximum atomic E-state index is 9.46. The maximum absolute atomic E-state index is 9.46. The molecule has 0 aromatic heterocycles. The molecule has 1 aliphatic carbocycles. The summed E-state index contributed by atoms with van der Waals surface area (Å²) in [5, 5.41) is 12.6. The van der Waals surface area contributed by atoms with Crippen molar-refractivity contribution in [1.82, 2.24) is 5.32 Å². The molecule has 2 fully saturated rings. The largest absolute Gasteiger partial charge is 0.389 e. The molecule has 1 saturated heterocycles. The van der Waals surface area contributed by atoms with Crippen molar-refractivity contribution in [2.75, 3.05) is 13.1 Å². The fourth-order valence-electron chi connectivity index (χ4n) is 2.05. The number of rotatable bonds is 2. The fourth-order valence-corrected chi connectivity index (χ4v) is 2.05. The van der Waals surface area contributed by atoms with E-state index in [1.165, 1.54) is 25.7 Å². The van der Waals surface area contributed by atoms with Crippen LogP contribution in [-0.2, 0) is 4.74 Å². The van der Waals surface area contributed by atoms with E-state index in [-0.39, 0.29) is 12.2 Å². The lowest BCUT2D eigenvalue weighted by Gasteiger charge is -2.19. The molecule has 3 heteroatoms. The third kappa shape index (κ3) is 1.79. The SMILES string of the molecule is OC1CNCC1OC1CCCC1. The van der Waals surface area contributed by atoms with E-state index in [4.69, 9.17) is 4.74 Å². The normalized spacial score (nSPS) is 37.8. The summed E-state index contributed by atoms with van der Waals surface area (Å²) in [6, 6.07) is 0. The van der Waals surface area contributed by atoms with Crippen LogP contribution in [0, 0.1) is 0 Å². The molecule has 1 heterocycles. The Morgan fingerprint density at radius 2 is 1.92 bits per heavy atom. The fraction of sp³-hybridized carbons (Fsp3) is 1.00. The lowest BCUT2D eigenvalue weighted by molar-refractivity contribution is -0.0498. The lowest BCUT2D eigenvalue weighted by Crippen LogP contribution is -2.30. The Kier molecular flexibility index (Phi) is 2.63. The Balaban J connectivity index is 1.77. The molecule has 0 aromatic rings. The van der Waals surface area contributed by atoms with Crippen LogP contribution in [-0.4, -0.2) is 36.5 Å². The van der Waals surface area contributed by atoms with Gasteiger partial charge in [0.2, 0.25) is 0 Å². The standard InChI is InChI=1S/C9H17NO2/c11-8-5-10-6-9(8)12-7-3-1-2-4-7/h7-11H,1-6H2. The molecule has 3 nitrogen and oxygen atoms in total. The van der Waals surface area contributed by atoms with E-state index in [0.29, 0.717) is 12.6 Å². The molecule has 0 spiro atoms. The van der Waals surface area contributed by atoms with Gasteiger partial charge in [0, 0.05) is 13.1 Å². The van der Waals surface area contributed by atoms with Gasteiger partial charge in [-0.25, -0.2) is 0 Å². The van der Waals surface area contributed by atoms with Gasteiger partial charge >= 0.3 is 0 Å². The van der Waals surface area contributed by atoms with Gasteiger partial charge in [-0.15, -0.1) is 0 Å². The molecule has 1 aliphatic heterocycles. The van der Waals surface area contributed by atoms with Crippen LogP contribution in [0.15, 0.2) is 0 Å². The van der Waals surface area contributed by atoms with Crippen molar-refractivity contribution >= 4 is 0 Å². The average molecular weight is 171 g/mol. The van der Waals surface area contributed by atoms with Crippen LogP contribution in [0.5, 0.6) is 0 Å². The number of aliphatic hydroxyl groups excluding tert-OH is 1. The predicted octanol–water partition coefficient (Wildman–Crippen LogP) is 0.278. The topological polar surface area (TPSA) is 41.5 Å². The molecular weight excluding hydrogens is 154 g/mol. The molecule has 2 rings (SSSR count). The first-order valence-corrected chi connectivity index (χ1v) is 4.90. The van der Waals surface area contributed by atoms with Crippen LogP contribution in [0.1, 0.15) is 25.7 Å². The van der Waals surface area contributed by atoms with Crippen molar-refractivity contribution in [3.8, 4) is 0 Å². The highest BCUT2D eigenvalue weighted by Gasteiger charge is 2.29. The summed E-state index contributed by atoms with van der Waals surface area (Å²) >= 11 is 0. The van der Waals surface area contributed by atoms with Crippen molar-refractivity contribution in [2.45, 2.75) is 44.0 Å². The van der Waals surface area contributed by atoms with Crippen LogP contribution in [0.2, 0.25) is 0 Å². The van der Waals surface area contributed by atoms with E-state index >= 15 is 0 Å². The van der Waals surface area contributed by atoms with E-state index in [2.05, 4.69) is 5.32 Å². The van der Waals surface area contributed by atoms with Gasteiger partial charge in [0.1, 0.15) is 0 Å². The monoisotopic (exact) mass is 171 g/mol. The Bertz CT molecular complexity index is 145. The molecule has 0 amide bonds. The summed E-state index contributed by atoms with van der Waals surface area (Å²) in [6.07, 6.45) is 5.14. The molecule has 70 valence electrons. The smallest absolute Gasteiger partial charge is 0.0974 e. The van der Waals surface area contributed by atoms with Crippen molar-refractivity contribution in [2.24, 2.45) is 0 Å². The zero-order valence-electron chi connectivity index (χ0n) is 7.33. The average Bonchev–Trinajstić information content (AvgIpc) is 2.65. The van der Waals surface area contributed by atoms with Crippen LogP contribution >= 0.6 is 0 Å². The summed E-state index contributed by atoms with van der Waals surface area (Å²) in [6.45, 7) is 1.51. The summed E-state index contributed by atoms with van der Waals surface area (Å²) < 4.78 is 5.77. The van der Waals surface area contributed by atoms with Gasteiger partial charge in [-0.1, -0.05) is 12.8 Å². The predicted molar refractivity (Wildman–Crippen MR) is 46.0 cm³/mol. The van der Waals surface area contributed by atoms with Gasteiger partial charge in [-0.3, -0.25) is 0 Å². The minimum Gasteiger partial charge on any atom is -0.389 e. The number of aliphatic hydroxyl groups is 1. The molecule has 0 bridgehead atoms. The summed E-state index contributed by atoms with van der Waals surface area (Å²) in [5.74, 6) is 0. The lowest BCUT2D eigenvalue weighted by atomic mass is 10.2. The number of hydrogen-bond acceptors (Lipinski definition) is 3. The molecule has 2 aliphatic rings. The molecule has 2 atom stereocenters. The van der Waals surface area contributed by atoms with Crippen molar-refractivity contribution in [3.05, 3.63) is 0 Å². The van der Waals surface area contributed by atoms with Gasteiger partial charge in [-0.2, -0.15) is 0 Å². The second-order valence-corrected chi connectivity index (χ2v) is 3.81. The minimum atomic E-state index is -0.286. The minimum absolute atomic E-state index is 0.0492. The molecule has 1 saturated carbocycles. The number of hydrogen-bond donors (Lipinski definition) is 2. The Labute approximate surface area is 73.1 Å². The molecule has 12 heavy (non-hydrogen) atoms. The first kappa shape index (κ1) is 8.48. The van der Waals surface area contributed by atoms with E-state index in [0.717, 1.165) is 6.54 Å². The summed E-state index contributed by atoms with van der Waals surface area (Å²) in [5.41, 5.74) is 0. The number of ether oxygens (including phenoxy) is 1. The Hall–Kier alpha value is -0.120. The first-order valence-electron chi connectivity index (χ1n) is 4.90. The van der Waals surface area contributed by atoms with E-state index in [1.54, 1.807) is 0 Å². The van der Waals surface area contributed by atoms with Gasteiger partial charge in [0.05, 0.1) is 18.3 Å². The van der Waals surface area contributed by atoms with Gasteiger partial charge in [-0.05, 0) is 12.8 Å². The molecule has 2 N–H and O–H groups in total. The van der Waals surface area contributed by atoms with Gasteiger partial charge < -0.3 is 15.2 Å². The van der Waals surface area contributed by atoms with Crippen molar-refractivity contribution < 1.29 is 9.84 Å². The second-order valence-electron chi connectivity index (χ2n) is 3.81. The Morgan fingerprint density at radius 3 is 2.50 bits per heavy atom. The first-order chi connectivity index (χ1) is 5.86. The van der Waals surface area contributed by atoms with Gasteiger partial charge in [0.15, 0.2) is 0 Å². The van der Waals surface area contributed by atoms with E-state index < -0.39 is 0 Å². The third-order valence-corrected chi connectivity index (χ3v) is 2.80. The van der Waals surface area contributed by atoms with Gasteiger partial charge in [0.25, 0.3) is 0 Å². The highest BCUT2D eigenvalue weighted by atomic mass is 16.5. The second kappa shape index (κ2) is 3.73. The van der Waals surface area contributed by atoms with Crippen molar-refractivity contribution in [1.29, 1.82) is 0 Å². The van der Waals surface area contributed by atoms with Crippen molar-refractivity contribution in [3.63, 3.8) is 0 Å². The third-order valence-electron chi connectivity index (χ3n) is 2.80. The maximum Gasteiger partial charge on any atom is 0.0974 e. The highest BCUT2D eigenvalue weighted by molar-refractivity contribution is 4.83. The highest BCUT2D eigenvalue weighted by Crippen LogP contribution is 2.23. The van der Waals surface area contributed by atoms with Crippen LogP contribution in [0.4, 0.5) is 0 Å². The zero-order valence-corrected chi connectivity index (χ0v) is 7.33. The Morgan fingerprint density at radius 1 is 1.17 bits per heavy atom. The number of nitrogens with one attached hydrogen (secondary N) is 1. The molecule has 2 unspecified atom stereocenters. The quantitative estimate of drug-likeness (QED) is 0.627. The van der Waals surface area contributed by atoms with Crippen LogP contribution in [0.3, 0.4) is 0 Å². The number of β-amino-alcohol motifs (C(OH)–C–C–N with tert-alkyl or cyclic N) is 1. The molecule has 0 aromatic carbocycles. The van der Waals surface area contributed by atoms with Crippen LogP contribution in [0.25, 0.3) is 0 Å².